The van der Waals surface area contributed by atoms with Crippen LogP contribution in [0.15, 0.2) is 5.10 Å². The molecule has 1 aliphatic rings. The first-order valence-corrected chi connectivity index (χ1v) is 1.83. The molecule has 1 rings (SSSR count). The Morgan fingerprint density at radius 2 is 2.71 bits per heavy atom. The van der Waals surface area contributed by atoms with Gasteiger partial charge in [0.25, 0.3) is 0 Å². The molecule has 0 saturated carbocycles. The molecular formula is C3H3N2O2-. The second-order valence-electron chi connectivity index (χ2n) is 1.17. The molecule has 0 aromatic carbocycles. The number of hydrogen-bond acceptors (Lipinski definition) is 3. The molecule has 0 spiro atoms. The third kappa shape index (κ3) is 0.592. The number of carbonyl (C=O) groups excluding carboxylic acids is 1. The summed E-state index contributed by atoms with van der Waals surface area (Å²) in [6, 6.07) is 0. The molecule has 0 atom stereocenters. The Hall–Kier alpha value is -0.900. The number of amides is 1. The molecule has 1 aliphatic heterocycles. The first-order chi connectivity index (χ1) is 3.30. The van der Waals surface area contributed by atoms with Gasteiger partial charge in [0.15, 0.2) is 0 Å². The molecule has 4 heteroatoms. The predicted molar refractivity (Wildman–Crippen MR) is 23.3 cm³/mol. The van der Waals surface area contributed by atoms with Gasteiger partial charge in [0, 0.05) is 6.21 Å². The van der Waals surface area contributed by atoms with Crippen molar-refractivity contribution in [1.82, 2.24) is 5.17 Å². The molecule has 0 bridgehead atoms. The summed E-state index contributed by atoms with van der Waals surface area (Å²) in [5.74, 6) is -0.486. The molecule has 0 radical (unpaired) electrons. The zero-order valence-electron chi connectivity index (χ0n) is 3.50. The number of rotatable bonds is 0. The molecule has 4 nitrogen and oxygen atoms in total. The Labute approximate surface area is 40.0 Å². The maximum atomic E-state index is 10.1. The molecule has 38 valence electrons. The minimum Gasteiger partial charge on any atom is -0.735 e. The fourth-order valence-electron chi connectivity index (χ4n) is 0.336. The summed E-state index contributed by atoms with van der Waals surface area (Å²) in [6.07, 6.45) is 1.44. The van der Waals surface area contributed by atoms with Gasteiger partial charge >= 0.3 is 0 Å². The molecule has 0 N–H and O–H groups in total. The van der Waals surface area contributed by atoms with E-state index < -0.39 is 5.91 Å². The number of nitrogens with zero attached hydrogens (tertiary/aromatic N) is 2. The van der Waals surface area contributed by atoms with Gasteiger partial charge in [-0.05, 0) is 0 Å². The topological polar surface area (TPSA) is 55.7 Å². The van der Waals surface area contributed by atoms with Gasteiger partial charge in [-0.3, -0.25) is 4.79 Å². The molecule has 1 amide bonds. The molecular weight excluding hydrogens is 96.0 g/mol. The number of hydrogen-bond donors (Lipinski definition) is 0. The molecule has 0 aromatic heterocycles. The molecule has 0 fully saturated rings. The highest BCUT2D eigenvalue weighted by Gasteiger charge is 2.04. The number of hydroxylamine groups is 1. The van der Waals surface area contributed by atoms with Gasteiger partial charge in [0.2, 0.25) is 5.91 Å². The van der Waals surface area contributed by atoms with Gasteiger partial charge < -0.3 is 10.4 Å². The first kappa shape index (κ1) is 4.26. The molecule has 1 heterocycles. The van der Waals surface area contributed by atoms with Crippen LogP contribution in [0.4, 0.5) is 0 Å². The standard InChI is InChI=1S/C3H3N2O2/c6-3-1-2-4-5(3)7/h2H,1H2/q-1. The zero-order valence-corrected chi connectivity index (χ0v) is 3.50. The maximum Gasteiger partial charge on any atom is 0.237 e. The van der Waals surface area contributed by atoms with Crippen molar-refractivity contribution in [3.05, 3.63) is 5.21 Å². The minimum absolute atomic E-state index is 0.0833. The van der Waals surface area contributed by atoms with Crippen LogP contribution in [0.3, 0.4) is 0 Å². The van der Waals surface area contributed by atoms with E-state index in [1.807, 2.05) is 0 Å². The molecule has 0 unspecified atom stereocenters. The Morgan fingerprint density at radius 3 is 2.86 bits per heavy atom. The van der Waals surface area contributed by atoms with Crippen LogP contribution in [0.2, 0.25) is 0 Å². The van der Waals surface area contributed by atoms with Crippen LogP contribution in [0.25, 0.3) is 0 Å². The normalized spacial score (nSPS) is 19.0. The van der Waals surface area contributed by atoms with Crippen LogP contribution in [0.5, 0.6) is 0 Å². The molecule has 0 aromatic rings. The van der Waals surface area contributed by atoms with Crippen molar-refractivity contribution in [3.8, 4) is 0 Å². The van der Waals surface area contributed by atoms with E-state index >= 15 is 0 Å². The van der Waals surface area contributed by atoms with Gasteiger partial charge in [-0.2, -0.15) is 5.10 Å². The Bertz CT molecular complexity index is 120. The number of carbonyl (C=O) groups is 1. The van der Waals surface area contributed by atoms with Crippen molar-refractivity contribution in [1.29, 1.82) is 0 Å². The van der Waals surface area contributed by atoms with E-state index in [1.54, 1.807) is 0 Å². The summed E-state index contributed by atoms with van der Waals surface area (Å²) >= 11 is 0. The van der Waals surface area contributed by atoms with Gasteiger partial charge in [-0.15, -0.1) is 0 Å². The van der Waals surface area contributed by atoms with Crippen LogP contribution in [0.1, 0.15) is 6.42 Å². The lowest BCUT2D eigenvalue weighted by Gasteiger charge is -2.14. The monoisotopic (exact) mass is 99.0 g/mol. The van der Waals surface area contributed by atoms with E-state index in [0.29, 0.717) is 0 Å². The predicted octanol–water partition coefficient (Wildman–Crippen LogP) is -0.298. The second-order valence-corrected chi connectivity index (χ2v) is 1.17. The van der Waals surface area contributed by atoms with Crippen molar-refractivity contribution in [2.45, 2.75) is 6.42 Å². The summed E-state index contributed by atoms with van der Waals surface area (Å²) in [7, 11) is 0. The Morgan fingerprint density at radius 1 is 2.00 bits per heavy atom. The average molecular weight is 99.1 g/mol. The van der Waals surface area contributed by atoms with Crippen molar-refractivity contribution in [2.24, 2.45) is 5.10 Å². The van der Waals surface area contributed by atoms with E-state index in [1.165, 1.54) is 6.21 Å². The van der Waals surface area contributed by atoms with Gasteiger partial charge in [0.1, 0.15) is 0 Å². The van der Waals surface area contributed by atoms with Crippen LogP contribution in [0, 0.1) is 5.21 Å². The maximum absolute atomic E-state index is 10.1. The minimum atomic E-state index is -0.486. The van der Waals surface area contributed by atoms with Crippen LogP contribution in [-0.2, 0) is 4.79 Å². The summed E-state index contributed by atoms with van der Waals surface area (Å²) in [4.78, 5) is 10.1. The smallest absolute Gasteiger partial charge is 0.237 e. The fraction of sp³-hybridized carbons (Fsp3) is 0.333. The van der Waals surface area contributed by atoms with E-state index in [4.69, 9.17) is 0 Å². The SMILES string of the molecule is O=C1CC=NN1[O-]. The summed E-state index contributed by atoms with van der Waals surface area (Å²) in [5, 5.41) is 13.1. The van der Waals surface area contributed by atoms with Crippen molar-refractivity contribution < 1.29 is 4.79 Å². The van der Waals surface area contributed by atoms with Crippen molar-refractivity contribution in [3.63, 3.8) is 0 Å². The second kappa shape index (κ2) is 1.31. The summed E-state index contributed by atoms with van der Waals surface area (Å²) < 4.78 is 0. The first-order valence-electron chi connectivity index (χ1n) is 1.83. The highest BCUT2D eigenvalue weighted by molar-refractivity contribution is 5.93. The van der Waals surface area contributed by atoms with E-state index in [2.05, 4.69) is 5.10 Å². The lowest BCUT2D eigenvalue weighted by atomic mass is 10.5. The lowest BCUT2D eigenvalue weighted by Crippen LogP contribution is -2.11. The number of hydrazone groups is 1. The molecule has 7 heavy (non-hydrogen) atoms. The van der Waals surface area contributed by atoms with Crippen LogP contribution < -0.4 is 0 Å². The Balaban J connectivity index is 2.62. The summed E-state index contributed by atoms with van der Waals surface area (Å²) in [5.41, 5.74) is 0. The van der Waals surface area contributed by atoms with Crippen molar-refractivity contribution >= 4 is 12.1 Å². The lowest BCUT2D eigenvalue weighted by molar-refractivity contribution is -0.126. The van der Waals surface area contributed by atoms with E-state index in [9.17, 15) is 10.0 Å². The van der Waals surface area contributed by atoms with Gasteiger partial charge in [-0.25, -0.2) is 0 Å². The summed E-state index contributed by atoms with van der Waals surface area (Å²) in [6.45, 7) is 0. The van der Waals surface area contributed by atoms with Gasteiger partial charge in [-0.1, -0.05) is 0 Å². The van der Waals surface area contributed by atoms with Crippen molar-refractivity contribution in [2.75, 3.05) is 0 Å². The van der Waals surface area contributed by atoms with Crippen LogP contribution >= 0.6 is 0 Å². The zero-order chi connectivity index (χ0) is 5.28. The third-order valence-electron chi connectivity index (χ3n) is 0.666. The average Bonchev–Trinajstić information content (AvgIpc) is 1.91. The quantitative estimate of drug-likeness (QED) is 0.418. The molecule has 0 saturated heterocycles. The third-order valence-corrected chi connectivity index (χ3v) is 0.666. The molecule has 0 aliphatic carbocycles. The van der Waals surface area contributed by atoms with E-state index in [-0.39, 0.29) is 11.6 Å². The van der Waals surface area contributed by atoms with Crippen LogP contribution in [-0.4, -0.2) is 17.3 Å². The van der Waals surface area contributed by atoms with E-state index in [0.717, 1.165) is 0 Å². The highest BCUT2D eigenvalue weighted by Crippen LogP contribution is 1.96. The highest BCUT2D eigenvalue weighted by atomic mass is 16.5. The van der Waals surface area contributed by atoms with Gasteiger partial charge in [0.05, 0.1) is 6.42 Å². The Kier molecular flexibility index (Phi) is 0.796. The largest absolute Gasteiger partial charge is 0.735 e. The fourth-order valence-corrected chi connectivity index (χ4v) is 0.336.